The van der Waals surface area contributed by atoms with Gasteiger partial charge >= 0.3 is 0 Å². The highest BCUT2D eigenvalue weighted by Gasteiger charge is 2.22. The molecule has 1 heterocycles. The second-order valence-corrected chi connectivity index (χ2v) is 7.25. The molecule has 4 nitrogen and oxygen atoms in total. The molecule has 2 N–H and O–H groups in total. The zero-order chi connectivity index (χ0) is 17.2. The highest BCUT2D eigenvalue weighted by Crippen LogP contribution is 2.15. The Morgan fingerprint density at radius 2 is 2.04 bits per heavy atom. The van der Waals surface area contributed by atoms with Crippen molar-refractivity contribution in [2.75, 3.05) is 39.8 Å². The van der Waals surface area contributed by atoms with Gasteiger partial charge in [-0.1, -0.05) is 44.2 Å². The Morgan fingerprint density at radius 1 is 1.25 bits per heavy atom. The molecule has 0 amide bonds. The summed E-state index contributed by atoms with van der Waals surface area (Å²) in [6.07, 6.45) is 3.61. The van der Waals surface area contributed by atoms with E-state index in [1.165, 1.54) is 38.0 Å². The van der Waals surface area contributed by atoms with E-state index in [1.807, 2.05) is 7.05 Å². The van der Waals surface area contributed by atoms with Gasteiger partial charge in [0.15, 0.2) is 5.96 Å². The lowest BCUT2D eigenvalue weighted by Crippen LogP contribution is -2.40. The van der Waals surface area contributed by atoms with Crippen molar-refractivity contribution in [3.05, 3.63) is 35.9 Å². The number of hydrogen-bond acceptors (Lipinski definition) is 2. The fourth-order valence-corrected chi connectivity index (χ4v) is 3.16. The maximum absolute atomic E-state index is 4.32. The maximum atomic E-state index is 4.32. The number of benzene rings is 1. The van der Waals surface area contributed by atoms with E-state index in [0.29, 0.717) is 0 Å². The fraction of sp³-hybridized carbons (Fsp3) is 0.650. The number of nitrogens with zero attached hydrogens (tertiary/aromatic N) is 2. The lowest BCUT2D eigenvalue weighted by molar-refractivity contribution is 0.328. The van der Waals surface area contributed by atoms with Crippen LogP contribution in [0, 0.1) is 11.8 Å². The van der Waals surface area contributed by atoms with E-state index in [1.54, 1.807) is 0 Å². The predicted octanol–water partition coefficient (Wildman–Crippen LogP) is 2.76. The average molecular weight is 331 g/mol. The Bertz CT molecular complexity index is 484. The van der Waals surface area contributed by atoms with E-state index >= 15 is 0 Å². The second-order valence-electron chi connectivity index (χ2n) is 7.25. The molecular weight excluding hydrogens is 296 g/mol. The van der Waals surface area contributed by atoms with Gasteiger partial charge in [0.2, 0.25) is 0 Å². The van der Waals surface area contributed by atoms with E-state index in [0.717, 1.165) is 37.3 Å². The van der Waals surface area contributed by atoms with Gasteiger partial charge in [-0.15, -0.1) is 0 Å². The van der Waals surface area contributed by atoms with Crippen molar-refractivity contribution in [3.63, 3.8) is 0 Å². The molecule has 0 radical (unpaired) electrons. The smallest absolute Gasteiger partial charge is 0.190 e. The minimum atomic E-state index is 0.726. The lowest BCUT2D eigenvalue weighted by Gasteiger charge is -2.18. The Morgan fingerprint density at radius 3 is 2.75 bits per heavy atom. The van der Waals surface area contributed by atoms with Gasteiger partial charge in [0.05, 0.1) is 0 Å². The number of likely N-dealkylation sites (tertiary alicyclic amines) is 1. The molecule has 0 bridgehead atoms. The van der Waals surface area contributed by atoms with Crippen LogP contribution in [0.1, 0.15) is 32.3 Å². The van der Waals surface area contributed by atoms with Crippen molar-refractivity contribution in [2.45, 2.75) is 33.1 Å². The number of aliphatic imine (C=N–C) groups is 1. The van der Waals surface area contributed by atoms with Crippen LogP contribution in [0.3, 0.4) is 0 Å². The summed E-state index contributed by atoms with van der Waals surface area (Å²) in [6.45, 7) is 10.1. The van der Waals surface area contributed by atoms with Gasteiger partial charge in [0.1, 0.15) is 0 Å². The summed E-state index contributed by atoms with van der Waals surface area (Å²) >= 11 is 0. The molecule has 1 aliphatic rings. The Hall–Kier alpha value is -1.55. The van der Waals surface area contributed by atoms with Crippen LogP contribution in [0.5, 0.6) is 0 Å². The summed E-state index contributed by atoms with van der Waals surface area (Å²) in [6, 6.07) is 10.8. The maximum Gasteiger partial charge on any atom is 0.190 e. The van der Waals surface area contributed by atoms with Gasteiger partial charge < -0.3 is 15.5 Å². The van der Waals surface area contributed by atoms with Crippen molar-refractivity contribution >= 4 is 5.96 Å². The van der Waals surface area contributed by atoms with E-state index in [9.17, 15) is 0 Å². The fourth-order valence-electron chi connectivity index (χ4n) is 3.16. The second kappa shape index (κ2) is 10.3. The van der Waals surface area contributed by atoms with Crippen LogP contribution in [-0.4, -0.2) is 50.6 Å². The molecule has 2 rings (SSSR count). The summed E-state index contributed by atoms with van der Waals surface area (Å²) in [4.78, 5) is 6.91. The molecule has 1 aromatic rings. The van der Waals surface area contributed by atoms with Crippen molar-refractivity contribution < 1.29 is 0 Å². The average Bonchev–Trinajstić information content (AvgIpc) is 3.04. The van der Waals surface area contributed by atoms with Crippen LogP contribution in [-0.2, 0) is 6.42 Å². The lowest BCUT2D eigenvalue weighted by atomic mass is 10.1. The standard InChI is InChI=1S/C20H34N4/c1-17(2)9-12-22-20(21-3)23-15-19-11-14-24(16-19)13-10-18-7-5-4-6-8-18/h4-8,17,19H,9-16H2,1-3H3,(H2,21,22,23). The van der Waals surface area contributed by atoms with Crippen LogP contribution in [0.25, 0.3) is 0 Å². The molecule has 0 saturated carbocycles. The minimum Gasteiger partial charge on any atom is -0.356 e. The molecular formula is C20H34N4. The monoisotopic (exact) mass is 330 g/mol. The van der Waals surface area contributed by atoms with Crippen molar-refractivity contribution in [3.8, 4) is 0 Å². The third kappa shape index (κ3) is 6.91. The van der Waals surface area contributed by atoms with Gasteiger partial charge in [-0.05, 0) is 43.2 Å². The van der Waals surface area contributed by atoms with E-state index in [4.69, 9.17) is 0 Å². The van der Waals surface area contributed by atoms with Gasteiger partial charge in [0, 0.05) is 33.2 Å². The molecule has 1 fully saturated rings. The summed E-state index contributed by atoms with van der Waals surface area (Å²) in [5.74, 6) is 2.39. The normalized spacial score (nSPS) is 19.0. The Kier molecular flexibility index (Phi) is 8.10. The Labute approximate surface area is 147 Å². The summed E-state index contributed by atoms with van der Waals surface area (Å²) in [5.41, 5.74) is 1.44. The quantitative estimate of drug-likeness (QED) is 0.569. The summed E-state index contributed by atoms with van der Waals surface area (Å²) < 4.78 is 0. The third-order valence-corrected chi connectivity index (χ3v) is 4.73. The van der Waals surface area contributed by atoms with Gasteiger partial charge in [-0.3, -0.25) is 4.99 Å². The van der Waals surface area contributed by atoms with Crippen LogP contribution in [0.15, 0.2) is 35.3 Å². The number of nitrogens with one attached hydrogen (secondary N) is 2. The van der Waals surface area contributed by atoms with Crippen molar-refractivity contribution in [1.29, 1.82) is 0 Å². The summed E-state index contributed by atoms with van der Waals surface area (Å²) in [5, 5.41) is 6.90. The largest absolute Gasteiger partial charge is 0.356 e. The molecule has 134 valence electrons. The van der Waals surface area contributed by atoms with Crippen LogP contribution in [0.4, 0.5) is 0 Å². The topological polar surface area (TPSA) is 39.7 Å². The van der Waals surface area contributed by atoms with Crippen molar-refractivity contribution in [2.24, 2.45) is 16.8 Å². The molecule has 4 heteroatoms. The van der Waals surface area contributed by atoms with E-state index in [2.05, 4.69) is 64.7 Å². The number of rotatable bonds is 8. The zero-order valence-electron chi connectivity index (χ0n) is 15.6. The first-order chi connectivity index (χ1) is 11.7. The van der Waals surface area contributed by atoms with Gasteiger partial charge in [0.25, 0.3) is 0 Å². The molecule has 1 unspecified atom stereocenters. The SMILES string of the molecule is CN=C(NCCC(C)C)NCC1CCN(CCc2ccccc2)C1. The molecule has 0 aliphatic carbocycles. The Balaban J connectivity index is 1.62. The third-order valence-electron chi connectivity index (χ3n) is 4.73. The predicted molar refractivity (Wildman–Crippen MR) is 104 cm³/mol. The molecule has 1 saturated heterocycles. The molecule has 1 aliphatic heterocycles. The van der Waals surface area contributed by atoms with Crippen LogP contribution >= 0.6 is 0 Å². The van der Waals surface area contributed by atoms with Gasteiger partial charge in [-0.25, -0.2) is 0 Å². The number of guanidine groups is 1. The molecule has 0 aromatic heterocycles. The first kappa shape index (κ1) is 18.8. The van der Waals surface area contributed by atoms with Gasteiger partial charge in [-0.2, -0.15) is 0 Å². The van der Waals surface area contributed by atoms with Crippen LogP contribution < -0.4 is 10.6 Å². The molecule has 0 spiro atoms. The molecule has 1 atom stereocenters. The highest BCUT2D eigenvalue weighted by molar-refractivity contribution is 5.79. The minimum absolute atomic E-state index is 0.726. The highest BCUT2D eigenvalue weighted by atomic mass is 15.2. The number of hydrogen-bond donors (Lipinski definition) is 2. The molecule has 1 aromatic carbocycles. The van der Waals surface area contributed by atoms with Crippen LogP contribution in [0.2, 0.25) is 0 Å². The first-order valence-electron chi connectivity index (χ1n) is 9.38. The van der Waals surface area contributed by atoms with E-state index in [-0.39, 0.29) is 0 Å². The van der Waals surface area contributed by atoms with E-state index < -0.39 is 0 Å². The summed E-state index contributed by atoms with van der Waals surface area (Å²) in [7, 11) is 1.85. The van der Waals surface area contributed by atoms with Crippen molar-refractivity contribution in [1.82, 2.24) is 15.5 Å². The zero-order valence-corrected chi connectivity index (χ0v) is 15.6. The molecule has 24 heavy (non-hydrogen) atoms. The first-order valence-corrected chi connectivity index (χ1v) is 9.38.